The minimum absolute atomic E-state index is 0.159. The molecule has 4 aromatic carbocycles. The molecule has 0 aliphatic carbocycles. The van der Waals surface area contributed by atoms with E-state index in [1.165, 1.54) is 0 Å². The van der Waals surface area contributed by atoms with Crippen LogP contribution in [0.4, 0.5) is 4.79 Å². The Balaban J connectivity index is 1.33. The number of nitrogens with zero attached hydrogens (tertiary/aromatic N) is 3. The zero-order valence-corrected chi connectivity index (χ0v) is 25.4. The molecule has 0 saturated carbocycles. The SMILES string of the molecule is CCN1C(=O)N[C@@H](c2cccc(Oc3ccccc3)c2)C2=C1CN([C@@H](Cc1ccccc1)C(=O)N(C)Cc1ccccc1)C2=O. The van der Waals surface area contributed by atoms with E-state index in [4.69, 9.17) is 4.74 Å². The van der Waals surface area contributed by atoms with Crippen molar-refractivity contribution in [2.45, 2.75) is 32.0 Å². The van der Waals surface area contributed by atoms with Crippen LogP contribution in [0.25, 0.3) is 0 Å². The number of hydrogen-bond acceptors (Lipinski definition) is 4. The predicted octanol–water partition coefficient (Wildman–Crippen LogP) is 5.93. The van der Waals surface area contributed by atoms with E-state index in [2.05, 4.69) is 5.32 Å². The van der Waals surface area contributed by atoms with Crippen molar-refractivity contribution >= 4 is 17.8 Å². The Hall–Kier alpha value is -5.37. The van der Waals surface area contributed by atoms with Crippen LogP contribution in [0, 0.1) is 0 Å². The zero-order valence-electron chi connectivity index (χ0n) is 25.4. The molecular formula is C37H36N4O4. The number of nitrogens with one attached hydrogen (secondary N) is 1. The number of rotatable bonds is 10. The lowest BCUT2D eigenvalue weighted by atomic mass is 9.95. The second-order valence-corrected chi connectivity index (χ2v) is 11.3. The zero-order chi connectivity index (χ0) is 31.3. The highest BCUT2D eigenvalue weighted by atomic mass is 16.5. The molecule has 2 heterocycles. The fraction of sp³-hybridized carbons (Fsp3) is 0.216. The van der Waals surface area contributed by atoms with Crippen LogP contribution < -0.4 is 10.1 Å². The number of hydrogen-bond donors (Lipinski definition) is 1. The Bertz CT molecular complexity index is 1710. The number of amides is 4. The third-order valence-electron chi connectivity index (χ3n) is 8.31. The summed E-state index contributed by atoms with van der Waals surface area (Å²) in [6.45, 7) is 2.85. The van der Waals surface area contributed by atoms with E-state index in [-0.39, 0.29) is 24.4 Å². The molecule has 4 aromatic rings. The molecule has 4 amide bonds. The maximum atomic E-state index is 14.5. The van der Waals surface area contributed by atoms with Gasteiger partial charge < -0.3 is 19.9 Å². The maximum absolute atomic E-state index is 14.5. The van der Waals surface area contributed by atoms with Crippen molar-refractivity contribution in [3.8, 4) is 11.5 Å². The highest BCUT2D eigenvalue weighted by Gasteiger charge is 2.47. The van der Waals surface area contributed by atoms with Crippen molar-refractivity contribution in [3.63, 3.8) is 0 Å². The van der Waals surface area contributed by atoms with Gasteiger partial charge in [0.2, 0.25) is 5.91 Å². The van der Waals surface area contributed by atoms with E-state index in [0.717, 1.165) is 16.7 Å². The van der Waals surface area contributed by atoms with Gasteiger partial charge in [-0.1, -0.05) is 91.0 Å². The smallest absolute Gasteiger partial charge is 0.322 e. The molecule has 2 atom stereocenters. The number of urea groups is 1. The summed E-state index contributed by atoms with van der Waals surface area (Å²) in [5.74, 6) is 0.859. The van der Waals surface area contributed by atoms with Gasteiger partial charge in [-0.3, -0.25) is 14.5 Å². The van der Waals surface area contributed by atoms with E-state index >= 15 is 0 Å². The molecule has 0 saturated heterocycles. The maximum Gasteiger partial charge on any atom is 0.322 e. The summed E-state index contributed by atoms with van der Waals surface area (Å²) < 4.78 is 6.06. The van der Waals surface area contributed by atoms with E-state index in [1.807, 2.05) is 122 Å². The fourth-order valence-corrected chi connectivity index (χ4v) is 6.09. The quantitative estimate of drug-likeness (QED) is 0.245. The van der Waals surface area contributed by atoms with Gasteiger partial charge in [0, 0.05) is 26.6 Å². The van der Waals surface area contributed by atoms with Crippen LogP contribution in [0.3, 0.4) is 0 Å². The van der Waals surface area contributed by atoms with E-state index < -0.39 is 12.1 Å². The standard InChI is InChI=1S/C37H36N4O4/c1-3-40-32-25-41(31(22-26-14-7-4-8-15-26)35(42)39(2)24-27-16-9-5-10-17-27)36(43)33(32)34(38-37(40)44)28-18-13-21-30(23-28)45-29-19-11-6-12-20-29/h4-21,23,31,34H,3,22,24-25H2,1-2H3,(H,38,44)/t31-,34-/m0/s1. The molecule has 45 heavy (non-hydrogen) atoms. The van der Waals surface area contributed by atoms with Gasteiger partial charge in [-0.15, -0.1) is 0 Å². The number of para-hydroxylation sites is 1. The van der Waals surface area contributed by atoms with Gasteiger partial charge >= 0.3 is 6.03 Å². The molecule has 6 rings (SSSR count). The van der Waals surface area contributed by atoms with Crippen molar-refractivity contribution in [3.05, 3.63) is 143 Å². The van der Waals surface area contributed by atoms with Gasteiger partial charge in [0.15, 0.2) is 0 Å². The monoisotopic (exact) mass is 600 g/mol. The highest BCUT2D eigenvalue weighted by molar-refractivity contribution is 6.03. The summed E-state index contributed by atoms with van der Waals surface area (Å²) in [4.78, 5) is 47.0. The van der Waals surface area contributed by atoms with Crippen LogP contribution in [-0.4, -0.2) is 58.7 Å². The van der Waals surface area contributed by atoms with Crippen LogP contribution in [-0.2, 0) is 22.6 Å². The Kier molecular flexibility index (Phi) is 8.64. The lowest BCUT2D eigenvalue weighted by molar-refractivity contribution is -0.142. The molecule has 8 heteroatoms. The first-order valence-corrected chi connectivity index (χ1v) is 15.2. The first kappa shape index (κ1) is 29.7. The molecule has 0 unspecified atom stereocenters. The van der Waals surface area contributed by atoms with Crippen molar-refractivity contribution in [2.24, 2.45) is 0 Å². The molecule has 0 fully saturated rings. The van der Waals surface area contributed by atoms with Gasteiger partial charge in [0.1, 0.15) is 17.5 Å². The number of carbonyl (C=O) groups excluding carboxylic acids is 3. The van der Waals surface area contributed by atoms with Crippen molar-refractivity contribution in [1.82, 2.24) is 20.0 Å². The lowest BCUT2D eigenvalue weighted by Gasteiger charge is -2.33. The third-order valence-corrected chi connectivity index (χ3v) is 8.31. The van der Waals surface area contributed by atoms with Crippen LogP contribution in [0.5, 0.6) is 11.5 Å². The molecule has 8 nitrogen and oxygen atoms in total. The Morgan fingerprint density at radius 3 is 2.16 bits per heavy atom. The van der Waals surface area contributed by atoms with Crippen LogP contribution in [0.1, 0.15) is 29.7 Å². The molecule has 1 N–H and O–H groups in total. The predicted molar refractivity (Wildman–Crippen MR) is 172 cm³/mol. The Labute approximate surface area is 263 Å². The Morgan fingerprint density at radius 1 is 0.867 bits per heavy atom. The molecule has 0 aromatic heterocycles. The van der Waals surface area contributed by atoms with Gasteiger partial charge in [-0.25, -0.2) is 4.79 Å². The molecule has 228 valence electrons. The third kappa shape index (κ3) is 6.31. The van der Waals surface area contributed by atoms with Crippen molar-refractivity contribution in [2.75, 3.05) is 20.1 Å². The molecule has 0 radical (unpaired) electrons. The normalized spacial score (nSPS) is 16.7. The largest absolute Gasteiger partial charge is 0.457 e. The molecule has 0 bridgehead atoms. The molecule has 2 aliphatic rings. The second kappa shape index (κ2) is 13.1. The topological polar surface area (TPSA) is 82.2 Å². The first-order chi connectivity index (χ1) is 21.9. The summed E-state index contributed by atoms with van der Waals surface area (Å²) in [6.07, 6.45) is 0.351. The Morgan fingerprint density at radius 2 is 1.49 bits per heavy atom. The van der Waals surface area contributed by atoms with Crippen molar-refractivity contribution in [1.29, 1.82) is 0 Å². The van der Waals surface area contributed by atoms with Gasteiger partial charge in [-0.05, 0) is 47.9 Å². The van der Waals surface area contributed by atoms with Gasteiger partial charge in [-0.2, -0.15) is 0 Å². The van der Waals surface area contributed by atoms with E-state index in [0.29, 0.717) is 42.3 Å². The summed E-state index contributed by atoms with van der Waals surface area (Å²) in [5, 5.41) is 3.05. The minimum Gasteiger partial charge on any atom is -0.457 e. The summed E-state index contributed by atoms with van der Waals surface area (Å²) in [5.41, 5.74) is 3.78. The number of ether oxygens (including phenoxy) is 1. The van der Waals surface area contributed by atoms with Crippen LogP contribution in [0.15, 0.2) is 127 Å². The molecule has 0 spiro atoms. The first-order valence-electron chi connectivity index (χ1n) is 15.2. The highest BCUT2D eigenvalue weighted by Crippen LogP contribution is 2.38. The van der Waals surface area contributed by atoms with Gasteiger partial charge in [0.25, 0.3) is 5.91 Å². The average molecular weight is 601 g/mol. The van der Waals surface area contributed by atoms with Crippen molar-refractivity contribution < 1.29 is 19.1 Å². The lowest BCUT2D eigenvalue weighted by Crippen LogP contribution is -2.50. The summed E-state index contributed by atoms with van der Waals surface area (Å²) in [6, 6.07) is 34.7. The van der Waals surface area contributed by atoms with Crippen LogP contribution >= 0.6 is 0 Å². The summed E-state index contributed by atoms with van der Waals surface area (Å²) >= 11 is 0. The molecular weight excluding hydrogens is 564 g/mol. The summed E-state index contributed by atoms with van der Waals surface area (Å²) in [7, 11) is 1.77. The molecule has 2 aliphatic heterocycles. The average Bonchev–Trinajstić information content (AvgIpc) is 3.40. The fourth-order valence-electron chi connectivity index (χ4n) is 6.09. The minimum atomic E-state index is -0.763. The number of benzene rings is 4. The van der Waals surface area contributed by atoms with E-state index in [1.54, 1.807) is 21.7 Å². The van der Waals surface area contributed by atoms with Crippen LogP contribution in [0.2, 0.25) is 0 Å². The van der Waals surface area contributed by atoms with E-state index in [9.17, 15) is 14.4 Å². The van der Waals surface area contributed by atoms with Gasteiger partial charge in [0.05, 0.1) is 23.9 Å². The second-order valence-electron chi connectivity index (χ2n) is 11.3. The number of likely N-dealkylation sites (N-methyl/N-ethyl adjacent to an activating group) is 2. The number of carbonyl (C=O) groups is 3.